The van der Waals surface area contributed by atoms with E-state index in [0.29, 0.717) is 36.0 Å². The lowest BCUT2D eigenvalue weighted by molar-refractivity contribution is 0.250. The lowest BCUT2D eigenvalue weighted by Crippen LogP contribution is -2.36. The summed E-state index contributed by atoms with van der Waals surface area (Å²) in [5, 5.41) is 0. The van der Waals surface area contributed by atoms with Gasteiger partial charge in [-0.1, -0.05) is 78.6 Å². The van der Waals surface area contributed by atoms with E-state index in [9.17, 15) is 0 Å². The molecule has 0 radical (unpaired) electrons. The highest BCUT2D eigenvalue weighted by atomic mass is 15.3. The number of nitrogens with zero attached hydrogens (tertiary/aromatic N) is 9. The molecule has 0 spiro atoms. The Morgan fingerprint density at radius 3 is 0.976 bits per heavy atom. The summed E-state index contributed by atoms with van der Waals surface area (Å²) in [6.45, 7) is 9.68. The van der Waals surface area contributed by atoms with E-state index in [-0.39, 0.29) is 0 Å². The molecule has 0 atom stereocenters. The first-order valence-corrected chi connectivity index (χ1v) is 17.4. The van der Waals surface area contributed by atoms with Crippen molar-refractivity contribution in [3.05, 3.63) is 0 Å². The van der Waals surface area contributed by atoms with E-state index in [4.69, 9.17) is 15.0 Å². The van der Waals surface area contributed by atoms with E-state index in [0.717, 1.165) is 38.9 Å². The molecule has 4 rings (SSSR count). The number of aliphatic imine (C=N–C) groups is 3. The van der Waals surface area contributed by atoms with Crippen LogP contribution in [0, 0.1) is 0 Å². The predicted molar refractivity (Wildman–Crippen MR) is 176 cm³/mol. The molecular weight excluding hydrogens is 522 g/mol. The van der Waals surface area contributed by atoms with Crippen molar-refractivity contribution >= 4 is 36.9 Å². The zero-order chi connectivity index (χ0) is 29.4. The highest BCUT2D eigenvalue weighted by molar-refractivity contribution is 5.63. The molecule has 0 bridgehead atoms. The van der Waals surface area contributed by atoms with Crippen molar-refractivity contribution in [3.8, 4) is 0 Å². The van der Waals surface area contributed by atoms with E-state index in [1.165, 1.54) is 96.3 Å². The minimum absolute atomic E-state index is 0.389. The third-order valence-electron chi connectivity index (χ3n) is 9.14. The fraction of sp³-hybridized carbons (Fsp3) is 0.818. The molecule has 0 unspecified atom stereocenters. The fourth-order valence-corrected chi connectivity index (χ4v) is 6.91. The van der Waals surface area contributed by atoms with Gasteiger partial charge in [-0.3, -0.25) is 0 Å². The van der Waals surface area contributed by atoms with Crippen molar-refractivity contribution in [1.29, 1.82) is 0 Å². The van der Waals surface area contributed by atoms with Gasteiger partial charge in [0, 0.05) is 37.8 Å². The quantitative estimate of drug-likeness (QED) is 0.155. The topological polar surface area (TPSA) is 85.5 Å². The summed E-state index contributed by atoms with van der Waals surface area (Å²) in [5.41, 5.74) is 0. The maximum Gasteiger partial charge on any atom is 0.257 e. The van der Waals surface area contributed by atoms with Crippen LogP contribution in [0.15, 0.2) is 15.0 Å². The Hall–Kier alpha value is -2.58. The molecular formula is C33H57N9. The summed E-state index contributed by atoms with van der Waals surface area (Å²) in [6.07, 6.45) is 28.4. The minimum Gasteiger partial charge on any atom is -0.360 e. The summed E-state index contributed by atoms with van der Waals surface area (Å²) < 4.78 is 0. The molecule has 3 aliphatic rings. The Morgan fingerprint density at radius 1 is 0.476 bits per heavy atom. The number of hydrogen-bond donors (Lipinski definition) is 0. The van der Waals surface area contributed by atoms with Crippen LogP contribution in [0.1, 0.15) is 136 Å². The van der Waals surface area contributed by atoms with Gasteiger partial charge < -0.3 is 14.7 Å². The van der Waals surface area contributed by atoms with E-state index < -0.39 is 0 Å². The fourth-order valence-electron chi connectivity index (χ4n) is 6.91. The predicted octanol–water partition coefficient (Wildman–Crippen LogP) is 7.99. The standard InChI is InChI=1S/C33H57N9/c1-4-22-40(28-16-10-7-11-17-28)25-34-31-37-32(35-26-41(23-5-2)29-18-12-8-13-19-29)39-33(38-31)36-27-42(24-6-3)30-20-14-9-15-21-30/h25-30H,4-24H2,1-3H3. The number of aromatic nitrogens is 3. The van der Waals surface area contributed by atoms with Gasteiger partial charge in [0.05, 0.1) is 19.0 Å². The van der Waals surface area contributed by atoms with Gasteiger partial charge in [-0.25, -0.2) is 15.0 Å². The van der Waals surface area contributed by atoms with E-state index in [2.05, 4.69) is 50.4 Å². The summed E-state index contributed by atoms with van der Waals surface area (Å²) in [6, 6.07) is 1.65. The molecule has 0 saturated heterocycles. The Morgan fingerprint density at radius 2 is 0.738 bits per heavy atom. The third-order valence-corrected chi connectivity index (χ3v) is 9.14. The van der Waals surface area contributed by atoms with Gasteiger partial charge in [0.2, 0.25) is 0 Å². The molecule has 1 aromatic heterocycles. The second kappa shape index (κ2) is 18.2. The third kappa shape index (κ3) is 10.3. The van der Waals surface area contributed by atoms with Crippen molar-refractivity contribution in [2.75, 3.05) is 19.6 Å². The van der Waals surface area contributed by atoms with E-state index in [1.54, 1.807) is 0 Å². The molecule has 9 nitrogen and oxygen atoms in total. The maximum absolute atomic E-state index is 4.79. The highest BCUT2D eigenvalue weighted by Gasteiger charge is 2.21. The smallest absolute Gasteiger partial charge is 0.257 e. The minimum atomic E-state index is 0.389. The molecule has 234 valence electrons. The van der Waals surface area contributed by atoms with Crippen LogP contribution in [0.3, 0.4) is 0 Å². The van der Waals surface area contributed by atoms with E-state index >= 15 is 0 Å². The van der Waals surface area contributed by atoms with Crippen LogP contribution in [-0.4, -0.2) is 86.4 Å². The monoisotopic (exact) mass is 579 g/mol. The second-order valence-electron chi connectivity index (χ2n) is 12.6. The lowest BCUT2D eigenvalue weighted by Gasteiger charge is -2.32. The second-order valence-corrected chi connectivity index (χ2v) is 12.6. The Balaban J connectivity index is 1.59. The SMILES string of the molecule is CCCN(C=Nc1nc(N=CN(CCC)C2CCCCC2)nc(N=CN(CCC)C2CCCCC2)n1)C1CCCCC1. The summed E-state index contributed by atoms with van der Waals surface area (Å²) in [7, 11) is 0. The lowest BCUT2D eigenvalue weighted by atomic mass is 9.94. The summed E-state index contributed by atoms with van der Waals surface area (Å²) in [4.78, 5) is 35.6. The molecule has 3 fully saturated rings. The van der Waals surface area contributed by atoms with Crippen LogP contribution in [0.5, 0.6) is 0 Å². The average molecular weight is 580 g/mol. The molecule has 1 heterocycles. The Bertz CT molecular complexity index is 840. The molecule has 3 aliphatic carbocycles. The molecule has 0 N–H and O–H groups in total. The Labute approximate surface area is 255 Å². The van der Waals surface area contributed by atoms with Gasteiger partial charge in [-0.05, 0) is 57.8 Å². The van der Waals surface area contributed by atoms with E-state index in [1.807, 2.05) is 19.0 Å². The molecule has 0 aromatic carbocycles. The van der Waals surface area contributed by atoms with Crippen LogP contribution in [-0.2, 0) is 0 Å². The van der Waals surface area contributed by atoms with Crippen LogP contribution in [0.2, 0.25) is 0 Å². The van der Waals surface area contributed by atoms with Crippen molar-refractivity contribution in [3.63, 3.8) is 0 Å². The van der Waals surface area contributed by atoms with Crippen molar-refractivity contribution in [2.45, 2.75) is 154 Å². The Kier molecular flexibility index (Phi) is 14.0. The van der Waals surface area contributed by atoms with Crippen LogP contribution >= 0.6 is 0 Å². The normalized spacial score (nSPS) is 19.8. The van der Waals surface area contributed by atoms with Gasteiger partial charge in [0.15, 0.2) is 0 Å². The largest absolute Gasteiger partial charge is 0.360 e. The molecule has 9 heteroatoms. The number of rotatable bonds is 15. The summed E-state index contributed by atoms with van der Waals surface area (Å²) in [5.74, 6) is 1.17. The molecule has 3 saturated carbocycles. The van der Waals surface area contributed by atoms with Crippen molar-refractivity contribution in [1.82, 2.24) is 29.7 Å². The first-order valence-electron chi connectivity index (χ1n) is 17.4. The van der Waals surface area contributed by atoms with Gasteiger partial charge >= 0.3 is 0 Å². The molecule has 1 aromatic rings. The first kappa shape index (κ1) is 32.3. The molecule has 42 heavy (non-hydrogen) atoms. The summed E-state index contributed by atoms with van der Waals surface area (Å²) >= 11 is 0. The highest BCUT2D eigenvalue weighted by Crippen LogP contribution is 2.25. The zero-order valence-corrected chi connectivity index (χ0v) is 26.8. The average Bonchev–Trinajstić information content (AvgIpc) is 3.04. The van der Waals surface area contributed by atoms with Gasteiger partial charge in [-0.2, -0.15) is 15.0 Å². The molecule has 0 aliphatic heterocycles. The van der Waals surface area contributed by atoms with Crippen molar-refractivity contribution in [2.24, 2.45) is 15.0 Å². The van der Waals surface area contributed by atoms with Gasteiger partial charge in [0.25, 0.3) is 17.8 Å². The number of hydrogen-bond acceptors (Lipinski definition) is 6. The van der Waals surface area contributed by atoms with Gasteiger partial charge in [-0.15, -0.1) is 0 Å². The van der Waals surface area contributed by atoms with Crippen LogP contribution in [0.25, 0.3) is 0 Å². The van der Waals surface area contributed by atoms with Crippen LogP contribution < -0.4 is 0 Å². The molecule has 0 amide bonds. The van der Waals surface area contributed by atoms with Crippen molar-refractivity contribution < 1.29 is 0 Å². The zero-order valence-electron chi connectivity index (χ0n) is 26.8. The maximum atomic E-state index is 4.79. The van der Waals surface area contributed by atoms with Gasteiger partial charge in [0.1, 0.15) is 0 Å². The van der Waals surface area contributed by atoms with Crippen LogP contribution in [0.4, 0.5) is 17.8 Å². The first-order chi connectivity index (χ1) is 20.7.